The van der Waals surface area contributed by atoms with Crippen molar-refractivity contribution in [1.82, 2.24) is 0 Å². The van der Waals surface area contributed by atoms with Crippen LogP contribution in [0.15, 0.2) is 30.3 Å². The van der Waals surface area contributed by atoms with E-state index in [1.165, 1.54) is 12.7 Å². The summed E-state index contributed by atoms with van der Waals surface area (Å²) in [5.74, 6) is 0.530. The Kier molecular flexibility index (Phi) is 3.89. The summed E-state index contributed by atoms with van der Waals surface area (Å²) in [6.45, 7) is 6.06. The van der Waals surface area contributed by atoms with Gasteiger partial charge >= 0.3 is 0 Å². The predicted octanol–water partition coefficient (Wildman–Crippen LogP) is 4.21. The fourth-order valence-electron chi connectivity index (χ4n) is 2.23. The first-order valence-electron chi connectivity index (χ1n) is 6.65. The fourth-order valence-corrected chi connectivity index (χ4v) is 2.23. The first-order chi connectivity index (χ1) is 9.45. The standard InChI is InChI=1S/C17H20O3/c1-10(2)12-5-7-13(8-6-12)14-9-11(3)15(18)17(20-4)16(14)19/h5-10,18-19H,1-4H3. The van der Waals surface area contributed by atoms with Crippen molar-refractivity contribution in [3.8, 4) is 28.4 Å². The number of phenolic OH excluding ortho intramolecular Hbond substituents is 2. The second-order valence-electron chi connectivity index (χ2n) is 5.25. The summed E-state index contributed by atoms with van der Waals surface area (Å²) >= 11 is 0. The number of aromatic hydroxyl groups is 2. The van der Waals surface area contributed by atoms with E-state index in [-0.39, 0.29) is 17.2 Å². The highest BCUT2D eigenvalue weighted by atomic mass is 16.5. The van der Waals surface area contributed by atoms with E-state index in [1.807, 2.05) is 24.3 Å². The maximum atomic E-state index is 10.2. The lowest BCUT2D eigenvalue weighted by Gasteiger charge is -2.14. The zero-order valence-corrected chi connectivity index (χ0v) is 12.3. The van der Waals surface area contributed by atoms with Crippen LogP contribution in [0.2, 0.25) is 0 Å². The Bertz CT molecular complexity index is 613. The molecule has 0 fully saturated rings. The molecule has 2 aromatic carbocycles. The molecule has 0 aliphatic rings. The van der Waals surface area contributed by atoms with Crippen molar-refractivity contribution < 1.29 is 14.9 Å². The second-order valence-corrected chi connectivity index (χ2v) is 5.25. The molecular weight excluding hydrogens is 252 g/mol. The lowest BCUT2D eigenvalue weighted by atomic mass is 9.97. The SMILES string of the molecule is COc1c(O)c(C)cc(-c2ccc(C(C)C)cc2)c1O. The van der Waals surface area contributed by atoms with Crippen molar-refractivity contribution in [3.63, 3.8) is 0 Å². The van der Waals surface area contributed by atoms with Gasteiger partial charge in [-0.3, -0.25) is 0 Å². The molecule has 0 spiro atoms. The zero-order valence-electron chi connectivity index (χ0n) is 12.3. The van der Waals surface area contributed by atoms with Gasteiger partial charge in [0.25, 0.3) is 0 Å². The minimum Gasteiger partial charge on any atom is -0.504 e. The molecule has 0 heterocycles. The van der Waals surface area contributed by atoms with E-state index in [2.05, 4.69) is 13.8 Å². The molecule has 20 heavy (non-hydrogen) atoms. The van der Waals surface area contributed by atoms with Crippen LogP contribution in [0, 0.1) is 6.92 Å². The van der Waals surface area contributed by atoms with Crippen LogP contribution < -0.4 is 4.74 Å². The lowest BCUT2D eigenvalue weighted by Crippen LogP contribution is -1.91. The molecule has 0 saturated heterocycles. The number of methoxy groups -OCH3 is 1. The molecule has 0 aliphatic carbocycles. The maximum absolute atomic E-state index is 10.2. The molecule has 2 aromatic rings. The van der Waals surface area contributed by atoms with Gasteiger partial charge in [-0.2, -0.15) is 0 Å². The van der Waals surface area contributed by atoms with Crippen LogP contribution in [0.5, 0.6) is 17.2 Å². The Balaban J connectivity index is 2.55. The summed E-state index contributed by atoms with van der Waals surface area (Å²) in [5, 5.41) is 20.1. The van der Waals surface area contributed by atoms with Gasteiger partial charge in [0.2, 0.25) is 5.75 Å². The monoisotopic (exact) mass is 272 g/mol. The van der Waals surface area contributed by atoms with Crippen LogP contribution in [0.4, 0.5) is 0 Å². The number of rotatable bonds is 3. The molecule has 3 nitrogen and oxygen atoms in total. The van der Waals surface area contributed by atoms with Gasteiger partial charge in [0, 0.05) is 5.56 Å². The van der Waals surface area contributed by atoms with Crippen LogP contribution in [0.3, 0.4) is 0 Å². The molecule has 2 N–H and O–H groups in total. The van der Waals surface area contributed by atoms with Crippen LogP contribution in [0.1, 0.15) is 30.9 Å². The van der Waals surface area contributed by atoms with Gasteiger partial charge in [-0.15, -0.1) is 0 Å². The van der Waals surface area contributed by atoms with Crippen molar-refractivity contribution in [2.45, 2.75) is 26.7 Å². The summed E-state index contributed by atoms with van der Waals surface area (Å²) in [5.41, 5.74) is 3.47. The fraction of sp³-hybridized carbons (Fsp3) is 0.294. The van der Waals surface area contributed by atoms with Crippen molar-refractivity contribution in [1.29, 1.82) is 0 Å². The first-order valence-corrected chi connectivity index (χ1v) is 6.65. The van der Waals surface area contributed by atoms with E-state index >= 15 is 0 Å². The minimum absolute atomic E-state index is 0.0208. The molecule has 0 bridgehead atoms. The van der Waals surface area contributed by atoms with Gasteiger partial charge in [-0.05, 0) is 35.6 Å². The van der Waals surface area contributed by atoms with Crippen molar-refractivity contribution >= 4 is 0 Å². The number of ether oxygens (including phenoxy) is 1. The third-order valence-corrected chi connectivity index (χ3v) is 3.51. The minimum atomic E-state index is -0.0344. The molecule has 0 amide bonds. The highest BCUT2D eigenvalue weighted by molar-refractivity contribution is 5.77. The van der Waals surface area contributed by atoms with Crippen molar-refractivity contribution in [3.05, 3.63) is 41.5 Å². The normalized spacial score (nSPS) is 10.8. The van der Waals surface area contributed by atoms with E-state index in [0.29, 0.717) is 17.0 Å². The third kappa shape index (κ3) is 2.44. The van der Waals surface area contributed by atoms with Crippen LogP contribution in [-0.2, 0) is 0 Å². The average molecular weight is 272 g/mol. The smallest absolute Gasteiger partial charge is 0.203 e. The Hall–Kier alpha value is -2.16. The quantitative estimate of drug-likeness (QED) is 0.880. The molecule has 0 unspecified atom stereocenters. The highest BCUT2D eigenvalue weighted by Gasteiger charge is 2.17. The zero-order chi connectivity index (χ0) is 14.9. The molecule has 106 valence electrons. The average Bonchev–Trinajstić information content (AvgIpc) is 2.43. The Morgan fingerprint density at radius 3 is 2.10 bits per heavy atom. The number of hydrogen-bond donors (Lipinski definition) is 2. The largest absolute Gasteiger partial charge is 0.504 e. The van der Waals surface area contributed by atoms with Crippen LogP contribution in [0.25, 0.3) is 11.1 Å². The topological polar surface area (TPSA) is 49.7 Å². The molecule has 0 aromatic heterocycles. The van der Waals surface area contributed by atoms with Gasteiger partial charge in [0.15, 0.2) is 11.5 Å². The summed E-state index contributed by atoms with van der Waals surface area (Å²) in [6, 6.07) is 9.81. The molecule has 3 heteroatoms. The van der Waals surface area contributed by atoms with Gasteiger partial charge < -0.3 is 14.9 Å². The second kappa shape index (κ2) is 5.45. The Morgan fingerprint density at radius 1 is 1.00 bits per heavy atom. The van der Waals surface area contributed by atoms with Crippen LogP contribution >= 0.6 is 0 Å². The maximum Gasteiger partial charge on any atom is 0.203 e. The molecule has 0 radical (unpaired) electrons. The third-order valence-electron chi connectivity index (χ3n) is 3.51. The van der Waals surface area contributed by atoms with Gasteiger partial charge in [0.1, 0.15) is 0 Å². The molecule has 0 atom stereocenters. The van der Waals surface area contributed by atoms with Crippen molar-refractivity contribution in [2.24, 2.45) is 0 Å². The van der Waals surface area contributed by atoms with E-state index in [4.69, 9.17) is 4.74 Å². The lowest BCUT2D eigenvalue weighted by molar-refractivity contribution is 0.344. The Morgan fingerprint density at radius 2 is 1.60 bits per heavy atom. The predicted molar refractivity (Wildman–Crippen MR) is 80.6 cm³/mol. The van der Waals surface area contributed by atoms with Gasteiger partial charge in [0.05, 0.1) is 7.11 Å². The number of phenols is 2. The summed E-state index contributed by atoms with van der Waals surface area (Å²) in [6.07, 6.45) is 0. The van der Waals surface area contributed by atoms with Crippen molar-refractivity contribution in [2.75, 3.05) is 7.11 Å². The number of hydrogen-bond acceptors (Lipinski definition) is 3. The van der Waals surface area contributed by atoms with E-state index in [0.717, 1.165) is 5.56 Å². The highest BCUT2D eigenvalue weighted by Crippen LogP contribution is 2.45. The van der Waals surface area contributed by atoms with E-state index in [9.17, 15) is 10.2 Å². The first kappa shape index (κ1) is 14.3. The molecule has 2 rings (SSSR count). The van der Waals surface area contributed by atoms with E-state index < -0.39 is 0 Å². The van der Waals surface area contributed by atoms with Gasteiger partial charge in [-0.1, -0.05) is 38.1 Å². The molecule has 0 aliphatic heterocycles. The summed E-state index contributed by atoms with van der Waals surface area (Å²) in [7, 11) is 1.43. The molecular formula is C17H20O3. The number of aryl methyl sites for hydroxylation is 1. The number of benzene rings is 2. The summed E-state index contributed by atoms with van der Waals surface area (Å²) in [4.78, 5) is 0. The molecule has 0 saturated carbocycles. The van der Waals surface area contributed by atoms with Gasteiger partial charge in [-0.25, -0.2) is 0 Å². The van der Waals surface area contributed by atoms with Crippen LogP contribution in [-0.4, -0.2) is 17.3 Å². The Labute approximate surface area is 119 Å². The van der Waals surface area contributed by atoms with E-state index in [1.54, 1.807) is 13.0 Å². The summed E-state index contributed by atoms with van der Waals surface area (Å²) < 4.78 is 5.08.